The second kappa shape index (κ2) is 6.75. The molecule has 3 heteroatoms. The highest BCUT2D eigenvalue weighted by Gasteiger charge is 2.08. The average Bonchev–Trinajstić information content (AvgIpc) is 2.83. The van der Waals surface area contributed by atoms with E-state index in [0.29, 0.717) is 0 Å². The van der Waals surface area contributed by atoms with Crippen LogP contribution in [0.3, 0.4) is 0 Å². The Bertz CT molecular complexity index is 1530. The van der Waals surface area contributed by atoms with Gasteiger partial charge in [-0.3, -0.25) is 9.97 Å². The minimum absolute atomic E-state index is 0.938. The molecular formula is C27H17N3. The van der Waals surface area contributed by atoms with Gasteiger partial charge in [0.05, 0.1) is 22.2 Å². The summed E-state index contributed by atoms with van der Waals surface area (Å²) in [5, 5.41) is 3.35. The van der Waals surface area contributed by atoms with E-state index in [2.05, 4.69) is 88.8 Å². The molecule has 6 aromatic rings. The largest absolute Gasteiger partial charge is 0.256 e. The molecule has 0 bridgehead atoms. The van der Waals surface area contributed by atoms with Gasteiger partial charge in [0.25, 0.3) is 0 Å². The van der Waals surface area contributed by atoms with E-state index < -0.39 is 0 Å². The Morgan fingerprint density at radius 2 is 1.03 bits per heavy atom. The summed E-state index contributed by atoms with van der Waals surface area (Å²) in [6.07, 6.45) is 3.67. The van der Waals surface area contributed by atoms with Gasteiger partial charge in [0.1, 0.15) is 0 Å². The standard InChI is InChI=1S/C27H17N3/c1-4-20-5-2-16-28-25(20)23(7-1)18-8-10-19(11-9-18)24-15-14-22-13-12-21-6-3-17-29-26(21)27(22)30-24/h1-17H. The second-order valence-corrected chi connectivity index (χ2v) is 7.37. The number of benzene rings is 3. The Hall–Kier alpha value is -4.11. The fourth-order valence-electron chi connectivity index (χ4n) is 4.04. The molecular weight excluding hydrogens is 366 g/mol. The zero-order valence-electron chi connectivity index (χ0n) is 16.2. The minimum Gasteiger partial charge on any atom is -0.256 e. The SMILES string of the molecule is c1cnc2c(-c3ccc(-c4ccc5ccc6cccnc6c5n4)cc3)cccc2c1. The van der Waals surface area contributed by atoms with Gasteiger partial charge in [-0.1, -0.05) is 72.8 Å². The Labute approximate surface area is 173 Å². The van der Waals surface area contributed by atoms with Crippen LogP contribution in [0.4, 0.5) is 0 Å². The Morgan fingerprint density at radius 3 is 1.83 bits per heavy atom. The molecule has 0 aliphatic heterocycles. The Morgan fingerprint density at radius 1 is 0.433 bits per heavy atom. The van der Waals surface area contributed by atoms with Crippen LogP contribution >= 0.6 is 0 Å². The van der Waals surface area contributed by atoms with Gasteiger partial charge in [-0.05, 0) is 23.8 Å². The summed E-state index contributed by atoms with van der Waals surface area (Å²) >= 11 is 0. The zero-order valence-corrected chi connectivity index (χ0v) is 16.2. The van der Waals surface area contributed by atoms with Gasteiger partial charge >= 0.3 is 0 Å². The first kappa shape index (κ1) is 16.8. The quantitative estimate of drug-likeness (QED) is 0.314. The molecule has 0 radical (unpaired) electrons. The molecule has 3 aromatic carbocycles. The van der Waals surface area contributed by atoms with Gasteiger partial charge in [-0.15, -0.1) is 0 Å². The van der Waals surface area contributed by atoms with Crippen molar-refractivity contribution < 1.29 is 0 Å². The van der Waals surface area contributed by atoms with Gasteiger partial charge < -0.3 is 0 Å². The highest BCUT2D eigenvalue weighted by Crippen LogP contribution is 2.30. The highest BCUT2D eigenvalue weighted by molar-refractivity contribution is 6.03. The van der Waals surface area contributed by atoms with E-state index in [1.165, 1.54) is 0 Å². The minimum atomic E-state index is 0.938. The van der Waals surface area contributed by atoms with Gasteiger partial charge in [0.2, 0.25) is 0 Å². The topological polar surface area (TPSA) is 38.7 Å². The molecule has 30 heavy (non-hydrogen) atoms. The maximum atomic E-state index is 4.95. The lowest BCUT2D eigenvalue weighted by atomic mass is 9.99. The third-order valence-corrected chi connectivity index (χ3v) is 5.56. The predicted octanol–water partition coefficient (Wildman–Crippen LogP) is 6.67. The van der Waals surface area contributed by atoms with Gasteiger partial charge in [-0.25, -0.2) is 4.98 Å². The maximum Gasteiger partial charge on any atom is 0.0972 e. The van der Waals surface area contributed by atoms with E-state index in [9.17, 15) is 0 Å². The van der Waals surface area contributed by atoms with Crippen LogP contribution in [0.15, 0.2) is 103 Å². The molecule has 0 N–H and O–H groups in total. The highest BCUT2D eigenvalue weighted by atomic mass is 14.7. The van der Waals surface area contributed by atoms with Crippen LogP contribution in [0.2, 0.25) is 0 Å². The fourth-order valence-corrected chi connectivity index (χ4v) is 4.04. The van der Waals surface area contributed by atoms with Crippen LogP contribution in [0.5, 0.6) is 0 Å². The lowest BCUT2D eigenvalue weighted by Crippen LogP contribution is -1.89. The van der Waals surface area contributed by atoms with E-state index in [4.69, 9.17) is 4.98 Å². The molecule has 3 nitrogen and oxygen atoms in total. The normalized spacial score (nSPS) is 11.3. The molecule has 0 spiro atoms. The summed E-state index contributed by atoms with van der Waals surface area (Å²) in [6.45, 7) is 0. The number of fused-ring (bicyclic) bond motifs is 4. The third kappa shape index (κ3) is 2.72. The molecule has 3 heterocycles. The lowest BCUT2D eigenvalue weighted by Gasteiger charge is -2.08. The van der Waals surface area contributed by atoms with Crippen molar-refractivity contribution in [3.63, 3.8) is 0 Å². The van der Waals surface area contributed by atoms with E-state index in [0.717, 1.165) is 55.1 Å². The lowest BCUT2D eigenvalue weighted by molar-refractivity contribution is 1.37. The van der Waals surface area contributed by atoms with Crippen molar-refractivity contribution in [2.45, 2.75) is 0 Å². The van der Waals surface area contributed by atoms with E-state index in [1.54, 1.807) is 0 Å². The van der Waals surface area contributed by atoms with Crippen LogP contribution in [0, 0.1) is 0 Å². The molecule has 140 valence electrons. The summed E-state index contributed by atoms with van der Waals surface area (Å²) in [7, 11) is 0. The number of rotatable bonds is 2. The maximum absolute atomic E-state index is 4.95. The van der Waals surface area contributed by atoms with Gasteiger partial charge in [-0.2, -0.15) is 0 Å². The number of hydrogen-bond acceptors (Lipinski definition) is 3. The third-order valence-electron chi connectivity index (χ3n) is 5.56. The van der Waals surface area contributed by atoms with Crippen LogP contribution in [0.25, 0.3) is 55.1 Å². The monoisotopic (exact) mass is 383 g/mol. The number of aromatic nitrogens is 3. The van der Waals surface area contributed by atoms with Crippen molar-refractivity contribution in [1.29, 1.82) is 0 Å². The van der Waals surface area contributed by atoms with Crippen LogP contribution in [-0.4, -0.2) is 15.0 Å². The first-order chi connectivity index (χ1) is 14.9. The summed E-state index contributed by atoms with van der Waals surface area (Å²) in [6, 6.07) is 31.3. The number of para-hydroxylation sites is 1. The van der Waals surface area contributed by atoms with Crippen LogP contribution < -0.4 is 0 Å². The van der Waals surface area contributed by atoms with E-state index in [1.807, 2.05) is 24.5 Å². The van der Waals surface area contributed by atoms with E-state index >= 15 is 0 Å². The van der Waals surface area contributed by atoms with Crippen LogP contribution in [-0.2, 0) is 0 Å². The zero-order chi connectivity index (χ0) is 19.9. The molecule has 0 atom stereocenters. The first-order valence-electron chi connectivity index (χ1n) is 9.96. The fraction of sp³-hybridized carbons (Fsp3) is 0. The molecule has 0 unspecified atom stereocenters. The van der Waals surface area contributed by atoms with Gasteiger partial charge in [0.15, 0.2) is 0 Å². The predicted molar refractivity (Wildman–Crippen MR) is 123 cm³/mol. The summed E-state index contributed by atoms with van der Waals surface area (Å²) in [5.41, 5.74) is 7.22. The van der Waals surface area contributed by atoms with Crippen LogP contribution in [0.1, 0.15) is 0 Å². The van der Waals surface area contributed by atoms with E-state index in [-0.39, 0.29) is 0 Å². The Kier molecular flexibility index (Phi) is 3.78. The van der Waals surface area contributed by atoms with Crippen molar-refractivity contribution in [1.82, 2.24) is 15.0 Å². The molecule has 0 saturated carbocycles. The first-order valence-corrected chi connectivity index (χ1v) is 9.96. The summed E-state index contributed by atoms with van der Waals surface area (Å²) in [5.74, 6) is 0. The van der Waals surface area contributed by atoms with Crippen molar-refractivity contribution in [3.05, 3.63) is 103 Å². The number of hydrogen-bond donors (Lipinski definition) is 0. The van der Waals surface area contributed by atoms with Gasteiger partial charge in [0, 0.05) is 39.7 Å². The smallest absolute Gasteiger partial charge is 0.0972 e. The summed E-state index contributed by atoms with van der Waals surface area (Å²) in [4.78, 5) is 14.1. The average molecular weight is 383 g/mol. The number of pyridine rings is 3. The van der Waals surface area contributed by atoms with Crippen molar-refractivity contribution >= 4 is 32.7 Å². The second-order valence-electron chi connectivity index (χ2n) is 7.37. The summed E-state index contributed by atoms with van der Waals surface area (Å²) < 4.78 is 0. The molecule has 0 amide bonds. The van der Waals surface area contributed by atoms with Crippen molar-refractivity contribution in [2.24, 2.45) is 0 Å². The molecule has 0 fully saturated rings. The molecule has 3 aromatic heterocycles. The molecule has 0 saturated heterocycles. The molecule has 0 aliphatic rings. The Balaban J connectivity index is 1.46. The number of nitrogens with zero attached hydrogens (tertiary/aromatic N) is 3. The van der Waals surface area contributed by atoms with Crippen molar-refractivity contribution in [3.8, 4) is 22.4 Å². The molecule has 6 rings (SSSR count). The molecule has 0 aliphatic carbocycles. The van der Waals surface area contributed by atoms with Crippen molar-refractivity contribution in [2.75, 3.05) is 0 Å².